The van der Waals surface area contributed by atoms with Gasteiger partial charge >= 0.3 is 6.18 Å². The Kier molecular flexibility index (Phi) is 5.22. The fourth-order valence-corrected chi connectivity index (χ4v) is 3.11. The predicted molar refractivity (Wildman–Crippen MR) is 75.7 cm³/mol. The Hall–Kier alpha value is -1.01. The number of hydrogen-bond acceptors (Lipinski definition) is 1. The molecule has 0 heterocycles. The van der Waals surface area contributed by atoms with Crippen LogP contribution in [0, 0.1) is 11.7 Å². The van der Waals surface area contributed by atoms with E-state index in [1.165, 1.54) is 0 Å². The Balaban J connectivity index is 2.18. The summed E-state index contributed by atoms with van der Waals surface area (Å²) in [5, 5.41) is 1.96. The summed E-state index contributed by atoms with van der Waals surface area (Å²) in [7, 11) is 0. The third-order valence-electron chi connectivity index (χ3n) is 3.76. The van der Waals surface area contributed by atoms with Gasteiger partial charge in [-0.3, -0.25) is 4.79 Å². The first kappa shape index (κ1) is 17.3. The van der Waals surface area contributed by atoms with Crippen LogP contribution in [0.5, 0.6) is 0 Å². The molecule has 1 fully saturated rings. The second-order valence-electron chi connectivity index (χ2n) is 5.26. The molecular formula is C14H13Cl2F4NO. The molecule has 1 saturated carbocycles. The van der Waals surface area contributed by atoms with Gasteiger partial charge in [-0.2, -0.15) is 13.2 Å². The van der Waals surface area contributed by atoms with Crippen molar-refractivity contribution < 1.29 is 22.4 Å². The molecule has 8 heteroatoms. The Labute approximate surface area is 134 Å². The first-order chi connectivity index (χ1) is 10.2. The lowest BCUT2D eigenvalue weighted by Crippen LogP contribution is -2.47. The van der Waals surface area contributed by atoms with Gasteiger partial charge in [0, 0.05) is 6.04 Å². The molecule has 2 atom stereocenters. The van der Waals surface area contributed by atoms with Crippen LogP contribution in [0.15, 0.2) is 12.1 Å². The second-order valence-corrected chi connectivity index (χ2v) is 6.07. The van der Waals surface area contributed by atoms with Crippen LogP contribution in [-0.4, -0.2) is 18.1 Å². The summed E-state index contributed by atoms with van der Waals surface area (Å²) < 4.78 is 52.4. The number of amides is 1. The van der Waals surface area contributed by atoms with Crippen molar-refractivity contribution >= 4 is 29.1 Å². The van der Waals surface area contributed by atoms with Crippen LogP contribution in [0.2, 0.25) is 10.0 Å². The van der Waals surface area contributed by atoms with Gasteiger partial charge in [-0.25, -0.2) is 4.39 Å². The molecule has 22 heavy (non-hydrogen) atoms. The van der Waals surface area contributed by atoms with E-state index in [0.29, 0.717) is 12.8 Å². The molecule has 0 saturated heterocycles. The minimum Gasteiger partial charge on any atom is -0.349 e. The smallest absolute Gasteiger partial charge is 0.349 e. The number of halogens is 6. The molecule has 1 aliphatic rings. The summed E-state index contributed by atoms with van der Waals surface area (Å²) in [6, 6.07) is 0.844. The highest BCUT2D eigenvalue weighted by Gasteiger charge is 2.46. The largest absolute Gasteiger partial charge is 0.393 e. The minimum atomic E-state index is -4.38. The fraction of sp³-hybridized carbons (Fsp3) is 0.500. The highest BCUT2D eigenvalue weighted by molar-refractivity contribution is 6.36. The molecule has 1 aromatic rings. The van der Waals surface area contributed by atoms with E-state index in [0.717, 1.165) is 12.1 Å². The van der Waals surface area contributed by atoms with Gasteiger partial charge in [0.15, 0.2) is 0 Å². The van der Waals surface area contributed by atoms with Crippen molar-refractivity contribution in [2.75, 3.05) is 0 Å². The van der Waals surface area contributed by atoms with Gasteiger partial charge in [-0.1, -0.05) is 36.0 Å². The third kappa shape index (κ3) is 3.84. The first-order valence-corrected chi connectivity index (χ1v) is 7.48. The summed E-state index contributed by atoms with van der Waals surface area (Å²) in [6.07, 6.45) is -3.12. The van der Waals surface area contributed by atoms with E-state index in [9.17, 15) is 22.4 Å². The molecule has 0 spiro atoms. The highest BCUT2D eigenvalue weighted by atomic mass is 35.5. The zero-order chi connectivity index (χ0) is 16.5. The molecule has 2 nitrogen and oxygen atoms in total. The Morgan fingerprint density at radius 3 is 2.41 bits per heavy atom. The van der Waals surface area contributed by atoms with Crippen LogP contribution >= 0.6 is 23.2 Å². The topological polar surface area (TPSA) is 29.1 Å². The molecule has 1 amide bonds. The molecule has 1 aromatic carbocycles. The molecule has 0 bridgehead atoms. The summed E-state index contributed by atoms with van der Waals surface area (Å²) in [5.74, 6) is -3.28. The van der Waals surface area contributed by atoms with Crippen molar-refractivity contribution in [2.24, 2.45) is 5.92 Å². The SMILES string of the molecule is O=C(N[C@@H]1CCCC[C@H]1C(F)(F)F)c1cc(F)c(Cl)cc1Cl. The van der Waals surface area contributed by atoms with E-state index in [2.05, 4.69) is 5.32 Å². The standard InChI is InChI=1S/C14H13Cl2F4NO/c15-9-6-10(16)11(17)5-7(9)13(22)21-12-4-2-1-3-8(12)14(18,19)20/h5-6,8,12H,1-4H2,(H,21,22)/t8-,12-/m1/s1. The fourth-order valence-electron chi connectivity index (χ4n) is 2.64. The average molecular weight is 358 g/mol. The van der Waals surface area contributed by atoms with Gasteiger partial charge in [-0.05, 0) is 25.0 Å². The Morgan fingerprint density at radius 1 is 1.14 bits per heavy atom. The average Bonchev–Trinajstić information content (AvgIpc) is 2.42. The number of rotatable bonds is 2. The van der Waals surface area contributed by atoms with Gasteiger partial charge in [0.05, 0.1) is 21.5 Å². The maximum Gasteiger partial charge on any atom is 0.393 e. The molecule has 0 aliphatic heterocycles. The zero-order valence-electron chi connectivity index (χ0n) is 11.3. The van der Waals surface area contributed by atoms with Crippen LogP contribution in [0.4, 0.5) is 17.6 Å². The van der Waals surface area contributed by atoms with Crippen LogP contribution in [-0.2, 0) is 0 Å². The first-order valence-electron chi connectivity index (χ1n) is 6.72. The number of carbonyl (C=O) groups excluding carboxylic acids is 1. The lowest BCUT2D eigenvalue weighted by atomic mass is 9.84. The van der Waals surface area contributed by atoms with Crippen molar-refractivity contribution in [3.63, 3.8) is 0 Å². The van der Waals surface area contributed by atoms with E-state index in [1.807, 2.05) is 0 Å². The predicted octanol–water partition coefficient (Wildman–Crippen LogP) is 4.98. The highest BCUT2D eigenvalue weighted by Crippen LogP contribution is 2.38. The van der Waals surface area contributed by atoms with Crippen LogP contribution in [0.3, 0.4) is 0 Å². The van der Waals surface area contributed by atoms with E-state index in [4.69, 9.17) is 23.2 Å². The molecule has 1 N–H and O–H groups in total. The third-order valence-corrected chi connectivity index (χ3v) is 4.36. The van der Waals surface area contributed by atoms with Crippen LogP contribution in [0.1, 0.15) is 36.0 Å². The molecular weight excluding hydrogens is 345 g/mol. The Bertz CT molecular complexity index is 577. The number of nitrogens with one attached hydrogen (secondary N) is 1. The second kappa shape index (κ2) is 6.62. The van der Waals surface area contributed by atoms with E-state index in [1.54, 1.807) is 0 Å². The van der Waals surface area contributed by atoms with Crippen LogP contribution < -0.4 is 5.32 Å². The molecule has 0 radical (unpaired) electrons. The summed E-state index contributed by atoms with van der Waals surface area (Å²) >= 11 is 11.3. The lowest BCUT2D eigenvalue weighted by molar-refractivity contribution is -0.187. The van der Waals surface area contributed by atoms with E-state index in [-0.39, 0.29) is 28.5 Å². The van der Waals surface area contributed by atoms with Gasteiger partial charge in [0.25, 0.3) is 5.91 Å². The van der Waals surface area contributed by atoms with Gasteiger partial charge in [-0.15, -0.1) is 0 Å². The number of alkyl halides is 3. The molecule has 0 aromatic heterocycles. The monoisotopic (exact) mass is 357 g/mol. The molecule has 1 aliphatic carbocycles. The minimum absolute atomic E-state index is 0.0306. The number of benzene rings is 1. The van der Waals surface area contributed by atoms with Crippen molar-refractivity contribution in [1.82, 2.24) is 5.32 Å². The van der Waals surface area contributed by atoms with E-state index < -0.39 is 29.9 Å². The maximum absolute atomic E-state index is 13.4. The molecule has 0 unspecified atom stereocenters. The lowest BCUT2D eigenvalue weighted by Gasteiger charge is -2.33. The van der Waals surface area contributed by atoms with E-state index >= 15 is 0 Å². The van der Waals surface area contributed by atoms with Crippen molar-refractivity contribution in [2.45, 2.75) is 37.9 Å². The van der Waals surface area contributed by atoms with Gasteiger partial charge < -0.3 is 5.32 Å². The molecule has 122 valence electrons. The van der Waals surface area contributed by atoms with Crippen molar-refractivity contribution in [1.29, 1.82) is 0 Å². The van der Waals surface area contributed by atoms with Crippen molar-refractivity contribution in [3.8, 4) is 0 Å². The van der Waals surface area contributed by atoms with Gasteiger partial charge in [0.2, 0.25) is 0 Å². The quantitative estimate of drug-likeness (QED) is 0.586. The Morgan fingerprint density at radius 2 is 1.77 bits per heavy atom. The summed E-state index contributed by atoms with van der Waals surface area (Å²) in [4.78, 5) is 12.1. The molecule has 2 rings (SSSR count). The number of carbonyl (C=O) groups is 1. The van der Waals surface area contributed by atoms with Crippen molar-refractivity contribution in [3.05, 3.63) is 33.6 Å². The van der Waals surface area contributed by atoms with Crippen LogP contribution in [0.25, 0.3) is 0 Å². The summed E-state index contributed by atoms with van der Waals surface area (Å²) in [5.41, 5.74) is -0.227. The summed E-state index contributed by atoms with van der Waals surface area (Å²) in [6.45, 7) is 0. The van der Waals surface area contributed by atoms with Gasteiger partial charge in [0.1, 0.15) is 5.82 Å². The number of hydrogen-bond donors (Lipinski definition) is 1. The zero-order valence-corrected chi connectivity index (χ0v) is 12.8. The maximum atomic E-state index is 13.4. The normalized spacial score (nSPS) is 22.5.